The smallest absolute Gasteiger partial charge is 0.231 e. The van der Waals surface area contributed by atoms with Crippen molar-refractivity contribution in [3.8, 4) is 11.5 Å². The molecule has 6 heteroatoms. The SMILES string of the molecule is S=C(NC12CC3CC(CC(C3)C1)C2)N1CCN(Cc2ccc3c(c2)OCO3)CC1. The van der Waals surface area contributed by atoms with E-state index in [4.69, 9.17) is 21.7 Å². The van der Waals surface area contributed by atoms with Crippen molar-refractivity contribution < 1.29 is 9.47 Å². The number of thiocarbonyl (C=S) groups is 1. The summed E-state index contributed by atoms with van der Waals surface area (Å²) in [5.41, 5.74) is 1.60. The van der Waals surface area contributed by atoms with Gasteiger partial charge < -0.3 is 19.7 Å². The van der Waals surface area contributed by atoms with Crippen LogP contribution in [-0.2, 0) is 6.54 Å². The molecular weight excluding hydrogens is 382 g/mol. The first-order valence-electron chi connectivity index (χ1n) is 11.3. The number of benzene rings is 1. The summed E-state index contributed by atoms with van der Waals surface area (Å²) in [4.78, 5) is 4.92. The molecule has 156 valence electrons. The zero-order valence-electron chi connectivity index (χ0n) is 17.1. The fourth-order valence-electron chi connectivity index (χ4n) is 6.98. The van der Waals surface area contributed by atoms with Crippen molar-refractivity contribution in [3.05, 3.63) is 23.8 Å². The van der Waals surface area contributed by atoms with Crippen molar-refractivity contribution in [1.82, 2.24) is 15.1 Å². The van der Waals surface area contributed by atoms with Gasteiger partial charge in [0.25, 0.3) is 0 Å². The van der Waals surface area contributed by atoms with Gasteiger partial charge in [0.2, 0.25) is 6.79 Å². The summed E-state index contributed by atoms with van der Waals surface area (Å²) in [5.74, 6) is 4.60. The van der Waals surface area contributed by atoms with Gasteiger partial charge in [-0.2, -0.15) is 0 Å². The second kappa shape index (κ2) is 7.02. The average Bonchev–Trinajstić information content (AvgIpc) is 3.15. The highest BCUT2D eigenvalue weighted by Gasteiger charge is 2.51. The van der Waals surface area contributed by atoms with Crippen LogP contribution in [0.25, 0.3) is 0 Å². The molecule has 0 unspecified atom stereocenters. The van der Waals surface area contributed by atoms with Crippen LogP contribution in [0.4, 0.5) is 0 Å². The molecule has 0 spiro atoms. The quantitative estimate of drug-likeness (QED) is 0.766. The fourth-order valence-corrected chi connectivity index (χ4v) is 7.38. The molecule has 2 heterocycles. The number of ether oxygens (including phenoxy) is 2. The lowest BCUT2D eigenvalue weighted by Gasteiger charge is -2.57. The molecule has 1 saturated heterocycles. The maximum absolute atomic E-state index is 5.90. The first-order valence-corrected chi connectivity index (χ1v) is 11.7. The van der Waals surface area contributed by atoms with Gasteiger partial charge in [-0.15, -0.1) is 0 Å². The molecule has 4 saturated carbocycles. The summed E-state index contributed by atoms with van der Waals surface area (Å²) in [6, 6.07) is 6.30. The molecule has 4 aliphatic carbocycles. The molecule has 1 aromatic carbocycles. The number of piperazine rings is 1. The van der Waals surface area contributed by atoms with Gasteiger partial charge >= 0.3 is 0 Å². The molecule has 29 heavy (non-hydrogen) atoms. The molecule has 2 aliphatic heterocycles. The van der Waals surface area contributed by atoms with Gasteiger partial charge in [-0.05, 0) is 86.2 Å². The average molecular weight is 414 g/mol. The molecule has 0 aromatic heterocycles. The molecule has 5 nitrogen and oxygen atoms in total. The predicted molar refractivity (Wildman–Crippen MR) is 116 cm³/mol. The number of nitrogens with zero attached hydrogens (tertiary/aromatic N) is 2. The van der Waals surface area contributed by atoms with E-state index in [1.54, 1.807) is 0 Å². The molecular formula is C23H31N3O2S. The normalized spacial score (nSPS) is 35.2. The molecule has 6 aliphatic rings. The van der Waals surface area contributed by atoms with Crippen LogP contribution in [0.15, 0.2) is 18.2 Å². The molecule has 1 aromatic rings. The summed E-state index contributed by atoms with van der Waals surface area (Å²) >= 11 is 5.90. The van der Waals surface area contributed by atoms with Gasteiger partial charge in [-0.3, -0.25) is 4.90 Å². The Morgan fingerprint density at radius 3 is 2.31 bits per heavy atom. The molecule has 4 bridgehead atoms. The van der Waals surface area contributed by atoms with Crippen LogP contribution >= 0.6 is 12.2 Å². The van der Waals surface area contributed by atoms with E-state index in [0.717, 1.165) is 67.1 Å². The molecule has 0 radical (unpaired) electrons. The monoisotopic (exact) mass is 413 g/mol. The third-order valence-electron chi connectivity index (χ3n) is 7.91. The van der Waals surface area contributed by atoms with E-state index in [0.29, 0.717) is 12.3 Å². The number of fused-ring (bicyclic) bond motifs is 1. The molecule has 7 rings (SSSR count). The standard InChI is InChI=1S/C23H31N3O2S/c29-22(24-23-11-17-7-18(12-23)9-19(8-17)13-23)26-5-3-25(4-6-26)14-16-1-2-20-21(10-16)28-15-27-20/h1-2,10,17-19H,3-9,11-15H2,(H,24,29). The molecule has 0 atom stereocenters. The van der Waals surface area contributed by atoms with Gasteiger partial charge in [-0.25, -0.2) is 0 Å². The Morgan fingerprint density at radius 1 is 0.966 bits per heavy atom. The first kappa shape index (κ1) is 18.3. The highest BCUT2D eigenvalue weighted by atomic mass is 32.1. The van der Waals surface area contributed by atoms with E-state index in [-0.39, 0.29) is 0 Å². The van der Waals surface area contributed by atoms with Crippen molar-refractivity contribution in [1.29, 1.82) is 0 Å². The van der Waals surface area contributed by atoms with Gasteiger partial charge in [-0.1, -0.05) is 6.07 Å². The summed E-state index contributed by atoms with van der Waals surface area (Å²) in [6.45, 7) is 5.44. The fraction of sp³-hybridized carbons (Fsp3) is 0.696. The van der Waals surface area contributed by atoms with Crippen LogP contribution in [0.5, 0.6) is 11.5 Å². The number of hydrogen-bond acceptors (Lipinski definition) is 4. The van der Waals surface area contributed by atoms with E-state index in [9.17, 15) is 0 Å². The first-order chi connectivity index (χ1) is 14.1. The van der Waals surface area contributed by atoms with Gasteiger partial charge in [0.05, 0.1) is 0 Å². The largest absolute Gasteiger partial charge is 0.454 e. The van der Waals surface area contributed by atoms with Gasteiger partial charge in [0.1, 0.15) is 0 Å². The van der Waals surface area contributed by atoms with E-state index in [2.05, 4.69) is 27.2 Å². The van der Waals surface area contributed by atoms with Gasteiger partial charge in [0, 0.05) is 38.3 Å². The molecule has 0 amide bonds. The van der Waals surface area contributed by atoms with Crippen molar-refractivity contribution >= 4 is 17.3 Å². The predicted octanol–water partition coefficient (Wildman–Crippen LogP) is 3.38. The number of hydrogen-bond donors (Lipinski definition) is 1. The minimum Gasteiger partial charge on any atom is -0.454 e. The topological polar surface area (TPSA) is 37.0 Å². The van der Waals surface area contributed by atoms with Crippen molar-refractivity contribution in [3.63, 3.8) is 0 Å². The Bertz CT molecular complexity index is 770. The Balaban J connectivity index is 1.03. The zero-order valence-corrected chi connectivity index (χ0v) is 17.9. The second-order valence-corrected chi connectivity index (χ2v) is 10.5. The maximum Gasteiger partial charge on any atom is 0.231 e. The van der Waals surface area contributed by atoms with Crippen molar-refractivity contribution in [2.45, 2.75) is 50.6 Å². The Hall–Kier alpha value is -1.53. The zero-order chi connectivity index (χ0) is 19.4. The lowest BCUT2D eigenvalue weighted by molar-refractivity contribution is -0.0115. The van der Waals surface area contributed by atoms with Crippen LogP contribution in [0, 0.1) is 17.8 Å². The third-order valence-corrected chi connectivity index (χ3v) is 8.27. The van der Waals surface area contributed by atoms with Crippen LogP contribution in [0.2, 0.25) is 0 Å². The van der Waals surface area contributed by atoms with E-state index in [1.807, 2.05) is 6.07 Å². The third kappa shape index (κ3) is 3.48. The summed E-state index contributed by atoms with van der Waals surface area (Å²) in [6.07, 6.45) is 8.49. The Morgan fingerprint density at radius 2 is 1.62 bits per heavy atom. The highest BCUT2D eigenvalue weighted by molar-refractivity contribution is 7.80. The molecule has 1 N–H and O–H groups in total. The highest BCUT2D eigenvalue weighted by Crippen LogP contribution is 2.55. The minimum atomic E-state index is 0.315. The minimum absolute atomic E-state index is 0.315. The van der Waals surface area contributed by atoms with E-state index >= 15 is 0 Å². The Labute approximate surface area is 178 Å². The molecule has 5 fully saturated rings. The van der Waals surface area contributed by atoms with Crippen LogP contribution in [0.1, 0.15) is 44.1 Å². The van der Waals surface area contributed by atoms with Crippen LogP contribution in [0.3, 0.4) is 0 Å². The maximum atomic E-state index is 5.90. The van der Waals surface area contributed by atoms with Crippen LogP contribution < -0.4 is 14.8 Å². The summed E-state index contributed by atoms with van der Waals surface area (Å²) in [7, 11) is 0. The number of nitrogens with one attached hydrogen (secondary N) is 1. The van der Waals surface area contributed by atoms with E-state index < -0.39 is 0 Å². The summed E-state index contributed by atoms with van der Waals surface area (Å²) < 4.78 is 10.9. The lowest BCUT2D eigenvalue weighted by Crippen LogP contribution is -2.63. The Kier molecular flexibility index (Phi) is 4.42. The second-order valence-electron chi connectivity index (χ2n) is 10.1. The van der Waals surface area contributed by atoms with Crippen LogP contribution in [-0.4, -0.2) is 53.4 Å². The summed E-state index contributed by atoms with van der Waals surface area (Å²) in [5, 5.41) is 4.90. The lowest BCUT2D eigenvalue weighted by atomic mass is 9.53. The van der Waals surface area contributed by atoms with E-state index in [1.165, 1.54) is 44.1 Å². The van der Waals surface area contributed by atoms with Gasteiger partial charge in [0.15, 0.2) is 16.6 Å². The van der Waals surface area contributed by atoms with Crippen molar-refractivity contribution in [2.24, 2.45) is 17.8 Å². The van der Waals surface area contributed by atoms with Crippen molar-refractivity contribution in [2.75, 3.05) is 33.0 Å². The number of rotatable bonds is 3.